The van der Waals surface area contributed by atoms with Gasteiger partial charge in [-0.3, -0.25) is 4.79 Å². The Bertz CT molecular complexity index is 433. The Labute approximate surface area is 78.0 Å². The van der Waals surface area contributed by atoms with Crippen molar-refractivity contribution < 1.29 is 8.78 Å². The summed E-state index contributed by atoms with van der Waals surface area (Å²) in [7, 11) is 0. The van der Waals surface area contributed by atoms with E-state index in [2.05, 4.69) is 0 Å². The lowest BCUT2D eigenvalue weighted by Gasteiger charge is -2.04. The van der Waals surface area contributed by atoms with Crippen LogP contribution in [0.25, 0.3) is 0 Å². The highest BCUT2D eigenvalue weighted by Crippen LogP contribution is 2.21. The average Bonchev–Trinajstić information content (AvgIpc) is 2.10. The third-order valence-electron chi connectivity index (χ3n) is 1.67. The minimum atomic E-state index is -2.82. The molecule has 1 aromatic rings. The van der Waals surface area contributed by atoms with Crippen LogP contribution in [0.3, 0.4) is 0 Å². The van der Waals surface area contributed by atoms with Crippen LogP contribution in [0.4, 0.5) is 14.5 Å². The van der Waals surface area contributed by atoms with E-state index in [1.54, 1.807) is 6.07 Å². The predicted molar refractivity (Wildman–Crippen MR) is 45.7 cm³/mol. The molecule has 3 N–H and O–H groups in total. The van der Waals surface area contributed by atoms with Gasteiger partial charge in [-0.2, -0.15) is 5.26 Å². The molecule has 0 saturated heterocycles. The number of nitrogens with zero attached hydrogens (tertiary/aromatic N) is 1. The van der Waals surface area contributed by atoms with E-state index in [4.69, 9.17) is 11.0 Å². The van der Waals surface area contributed by atoms with E-state index in [9.17, 15) is 13.6 Å². The van der Waals surface area contributed by atoms with Crippen LogP contribution in [0.1, 0.15) is 17.7 Å². The molecule has 0 aliphatic heterocycles. The number of hydrogen-bond acceptors (Lipinski definition) is 3. The number of anilines is 1. The number of H-pyrrole nitrogens is 1. The van der Waals surface area contributed by atoms with Crippen LogP contribution < -0.4 is 11.3 Å². The molecule has 0 aromatic carbocycles. The Kier molecular flexibility index (Phi) is 2.82. The van der Waals surface area contributed by atoms with E-state index in [1.807, 2.05) is 4.98 Å². The van der Waals surface area contributed by atoms with Crippen molar-refractivity contribution in [3.63, 3.8) is 0 Å². The summed E-state index contributed by atoms with van der Waals surface area (Å²) in [5.41, 5.74) is 3.85. The van der Waals surface area contributed by atoms with Crippen LogP contribution >= 0.6 is 0 Å². The Hall–Kier alpha value is -1.90. The van der Waals surface area contributed by atoms with Gasteiger partial charge in [0.2, 0.25) is 0 Å². The first-order valence-electron chi connectivity index (χ1n) is 3.73. The van der Waals surface area contributed by atoms with Gasteiger partial charge in [0.25, 0.3) is 12.0 Å². The van der Waals surface area contributed by atoms with E-state index in [0.717, 1.165) is 6.07 Å². The molecule has 0 radical (unpaired) electrons. The van der Waals surface area contributed by atoms with E-state index < -0.39 is 17.7 Å². The Morgan fingerprint density at radius 1 is 1.64 bits per heavy atom. The fraction of sp³-hybridized carbons (Fsp3) is 0.250. The van der Waals surface area contributed by atoms with Crippen molar-refractivity contribution in [2.45, 2.75) is 12.8 Å². The van der Waals surface area contributed by atoms with Crippen LogP contribution in [0.15, 0.2) is 10.9 Å². The molecule has 1 heterocycles. The first kappa shape index (κ1) is 10.2. The number of nitriles is 1. The summed E-state index contributed by atoms with van der Waals surface area (Å²) in [6.45, 7) is 0. The topological polar surface area (TPSA) is 82.7 Å². The summed E-state index contributed by atoms with van der Waals surface area (Å²) in [5.74, 6) is 0. The zero-order valence-corrected chi connectivity index (χ0v) is 7.05. The van der Waals surface area contributed by atoms with Gasteiger partial charge in [0, 0.05) is 5.56 Å². The number of aromatic amines is 1. The maximum atomic E-state index is 12.2. The Morgan fingerprint density at radius 3 is 2.79 bits per heavy atom. The largest absolute Gasteiger partial charge is 0.397 e. The lowest BCUT2D eigenvalue weighted by atomic mass is 10.2. The molecule has 0 aliphatic rings. The molecule has 0 fully saturated rings. The number of nitrogens with two attached hydrogens (primary N) is 1. The number of aromatic nitrogens is 1. The van der Waals surface area contributed by atoms with Gasteiger partial charge in [0.15, 0.2) is 0 Å². The maximum absolute atomic E-state index is 12.2. The zero-order chi connectivity index (χ0) is 10.7. The highest BCUT2D eigenvalue weighted by atomic mass is 19.3. The molecular weight excluding hydrogens is 192 g/mol. The SMILES string of the molecule is N#CCc1cc(N)c(C(F)F)[nH]c1=O. The maximum Gasteiger partial charge on any atom is 0.280 e. The molecule has 0 unspecified atom stereocenters. The van der Waals surface area contributed by atoms with Gasteiger partial charge in [0.1, 0.15) is 5.69 Å². The summed E-state index contributed by atoms with van der Waals surface area (Å²) in [5, 5.41) is 8.32. The number of nitrogens with one attached hydrogen (secondary N) is 1. The second kappa shape index (κ2) is 3.87. The van der Waals surface area contributed by atoms with E-state index in [-0.39, 0.29) is 17.7 Å². The van der Waals surface area contributed by atoms with E-state index >= 15 is 0 Å². The number of alkyl halides is 2. The van der Waals surface area contributed by atoms with Crippen LogP contribution in [0.5, 0.6) is 0 Å². The van der Waals surface area contributed by atoms with Crippen molar-refractivity contribution in [3.05, 3.63) is 27.7 Å². The van der Waals surface area contributed by atoms with E-state index in [0.29, 0.717) is 0 Å². The molecule has 1 aromatic heterocycles. The van der Waals surface area contributed by atoms with Crippen molar-refractivity contribution in [2.75, 3.05) is 5.73 Å². The van der Waals surface area contributed by atoms with Gasteiger partial charge >= 0.3 is 0 Å². The number of rotatable bonds is 2. The quantitative estimate of drug-likeness (QED) is 0.744. The number of nitrogen functional groups attached to an aromatic ring is 1. The Balaban J connectivity index is 3.26. The van der Waals surface area contributed by atoms with Crippen LogP contribution in [0, 0.1) is 11.3 Å². The van der Waals surface area contributed by atoms with Crippen molar-refractivity contribution in [3.8, 4) is 6.07 Å². The first-order valence-corrected chi connectivity index (χ1v) is 3.73. The fourth-order valence-corrected chi connectivity index (χ4v) is 1.00. The number of halogens is 2. The lowest BCUT2D eigenvalue weighted by Crippen LogP contribution is -2.16. The van der Waals surface area contributed by atoms with Gasteiger partial charge in [0.05, 0.1) is 18.2 Å². The molecule has 14 heavy (non-hydrogen) atoms. The second-order valence-electron chi connectivity index (χ2n) is 2.63. The molecule has 0 aliphatic carbocycles. The Morgan fingerprint density at radius 2 is 2.29 bits per heavy atom. The van der Waals surface area contributed by atoms with Crippen molar-refractivity contribution in [2.24, 2.45) is 0 Å². The van der Waals surface area contributed by atoms with Gasteiger partial charge < -0.3 is 10.7 Å². The fourth-order valence-electron chi connectivity index (χ4n) is 1.00. The monoisotopic (exact) mass is 199 g/mol. The summed E-state index contributed by atoms with van der Waals surface area (Å²) in [6, 6.07) is 2.84. The van der Waals surface area contributed by atoms with Crippen LogP contribution in [0.2, 0.25) is 0 Å². The standard InChI is InChI=1S/C8H7F2N3O/c9-7(10)6-5(12)3-4(1-2-11)8(14)13-6/h3,7H,1,12H2,(H,13,14). The van der Waals surface area contributed by atoms with Gasteiger partial charge in [-0.05, 0) is 6.07 Å². The minimum absolute atomic E-state index is 0.0920. The van der Waals surface area contributed by atoms with Crippen LogP contribution in [-0.2, 0) is 6.42 Å². The molecule has 0 saturated carbocycles. The van der Waals surface area contributed by atoms with Gasteiger partial charge in [-0.25, -0.2) is 8.78 Å². The molecule has 0 amide bonds. The molecule has 4 nitrogen and oxygen atoms in total. The lowest BCUT2D eigenvalue weighted by molar-refractivity contribution is 0.146. The molecule has 6 heteroatoms. The normalized spacial score (nSPS) is 10.1. The van der Waals surface area contributed by atoms with Crippen molar-refractivity contribution in [1.29, 1.82) is 5.26 Å². The molecule has 0 atom stereocenters. The second-order valence-corrected chi connectivity index (χ2v) is 2.63. The third kappa shape index (κ3) is 1.88. The van der Waals surface area contributed by atoms with E-state index in [1.165, 1.54) is 0 Å². The van der Waals surface area contributed by atoms with Gasteiger partial charge in [-0.1, -0.05) is 0 Å². The number of pyridine rings is 1. The average molecular weight is 199 g/mol. The highest BCUT2D eigenvalue weighted by Gasteiger charge is 2.14. The summed E-state index contributed by atoms with van der Waals surface area (Å²) >= 11 is 0. The minimum Gasteiger partial charge on any atom is -0.397 e. The smallest absolute Gasteiger partial charge is 0.280 e. The molecule has 1 rings (SSSR count). The number of hydrogen-bond donors (Lipinski definition) is 2. The molecule has 0 bridgehead atoms. The zero-order valence-electron chi connectivity index (χ0n) is 7.05. The predicted octanol–water partition coefficient (Wildman–Crippen LogP) is 0.961. The summed E-state index contributed by atoms with van der Waals surface area (Å²) < 4.78 is 24.4. The van der Waals surface area contributed by atoms with Crippen molar-refractivity contribution in [1.82, 2.24) is 4.98 Å². The molecule has 0 spiro atoms. The third-order valence-corrected chi connectivity index (χ3v) is 1.67. The molecular formula is C8H7F2N3O. The summed E-state index contributed by atoms with van der Waals surface area (Å²) in [4.78, 5) is 13.0. The highest BCUT2D eigenvalue weighted by molar-refractivity contribution is 5.45. The van der Waals surface area contributed by atoms with Gasteiger partial charge in [-0.15, -0.1) is 0 Å². The molecule has 74 valence electrons. The van der Waals surface area contributed by atoms with Crippen molar-refractivity contribution >= 4 is 5.69 Å². The summed E-state index contributed by atoms with van der Waals surface area (Å²) in [6.07, 6.45) is -2.97. The van der Waals surface area contributed by atoms with Crippen LogP contribution in [-0.4, -0.2) is 4.98 Å². The first-order chi connectivity index (χ1) is 6.56.